The normalized spacial score (nSPS) is 10.7. The molecular weight excluding hydrogens is 477 g/mol. The van der Waals surface area contributed by atoms with Gasteiger partial charge in [-0.05, 0) is 61.0 Å². The van der Waals surface area contributed by atoms with Gasteiger partial charge in [-0.1, -0.05) is 47.6 Å². The Morgan fingerprint density at radius 3 is 2.50 bits per heavy atom. The fourth-order valence-electron chi connectivity index (χ4n) is 3.15. The number of halogens is 2. The van der Waals surface area contributed by atoms with Crippen LogP contribution in [0.15, 0.2) is 78.0 Å². The molecule has 34 heavy (non-hydrogen) atoms. The molecule has 0 saturated heterocycles. The summed E-state index contributed by atoms with van der Waals surface area (Å²) in [5.41, 5.74) is 7.05. The van der Waals surface area contributed by atoms with E-state index in [9.17, 15) is 14.0 Å². The molecule has 0 spiro atoms. The smallest absolute Gasteiger partial charge is 0.272 e. The van der Waals surface area contributed by atoms with Crippen LogP contribution in [0.25, 0.3) is 17.1 Å². The monoisotopic (exact) mass is 495 g/mol. The highest BCUT2D eigenvalue weighted by molar-refractivity contribution is 7.99. The lowest BCUT2D eigenvalue weighted by molar-refractivity contribution is -0.119. The molecule has 0 atom stereocenters. The Morgan fingerprint density at radius 2 is 1.76 bits per heavy atom. The second kappa shape index (κ2) is 10.5. The Kier molecular flexibility index (Phi) is 7.24. The summed E-state index contributed by atoms with van der Waals surface area (Å²) < 4.78 is 15.6. The number of nitrogens with zero attached hydrogens (tertiary/aromatic N) is 3. The van der Waals surface area contributed by atoms with Crippen molar-refractivity contribution in [2.75, 3.05) is 5.75 Å². The van der Waals surface area contributed by atoms with E-state index in [1.807, 2.05) is 47.9 Å². The Hall–Kier alpha value is -3.69. The number of carbonyl (C=O) groups excluding carboxylic acids is 2. The van der Waals surface area contributed by atoms with E-state index < -0.39 is 17.6 Å². The molecule has 3 aromatic carbocycles. The van der Waals surface area contributed by atoms with Crippen molar-refractivity contribution in [3.63, 3.8) is 0 Å². The van der Waals surface area contributed by atoms with Gasteiger partial charge in [0.1, 0.15) is 5.82 Å². The maximum absolute atomic E-state index is 13.7. The first-order valence-electron chi connectivity index (χ1n) is 10.2. The Labute approximate surface area is 204 Å². The molecule has 2 N–H and O–H groups in total. The second-order valence-corrected chi connectivity index (χ2v) is 8.64. The van der Waals surface area contributed by atoms with Crippen LogP contribution in [0.4, 0.5) is 4.39 Å². The lowest BCUT2D eigenvalue weighted by Gasteiger charge is -2.11. The second-order valence-electron chi connectivity index (χ2n) is 7.26. The van der Waals surface area contributed by atoms with Gasteiger partial charge < -0.3 is 0 Å². The Morgan fingerprint density at radius 1 is 1.00 bits per heavy atom. The average molecular weight is 496 g/mol. The SMILES string of the molecule is Cc1cccc(-n2c(SCC(=O)NNC(=O)c3ccccc3F)nnc2-c2ccc(Cl)cc2)c1. The van der Waals surface area contributed by atoms with E-state index in [-0.39, 0.29) is 11.3 Å². The van der Waals surface area contributed by atoms with Gasteiger partial charge >= 0.3 is 0 Å². The van der Waals surface area contributed by atoms with Crippen molar-refractivity contribution < 1.29 is 14.0 Å². The van der Waals surface area contributed by atoms with Crippen LogP contribution in [0.2, 0.25) is 5.02 Å². The molecule has 10 heteroatoms. The van der Waals surface area contributed by atoms with Crippen LogP contribution in [0, 0.1) is 12.7 Å². The van der Waals surface area contributed by atoms with E-state index >= 15 is 0 Å². The summed E-state index contributed by atoms with van der Waals surface area (Å²) in [6.45, 7) is 1.98. The zero-order chi connectivity index (χ0) is 24.1. The summed E-state index contributed by atoms with van der Waals surface area (Å²) in [7, 11) is 0. The number of aryl methyl sites for hydroxylation is 1. The molecule has 1 aromatic heterocycles. The number of aromatic nitrogens is 3. The highest BCUT2D eigenvalue weighted by atomic mass is 35.5. The van der Waals surface area contributed by atoms with Gasteiger partial charge in [0.2, 0.25) is 5.91 Å². The summed E-state index contributed by atoms with van der Waals surface area (Å²) in [4.78, 5) is 24.4. The minimum Gasteiger partial charge on any atom is -0.272 e. The molecular formula is C24H19ClFN5O2S. The molecule has 2 amide bonds. The fourth-order valence-corrected chi connectivity index (χ4v) is 4.03. The highest BCUT2D eigenvalue weighted by Gasteiger charge is 2.18. The van der Waals surface area contributed by atoms with Crippen molar-refractivity contribution >= 4 is 35.2 Å². The minimum atomic E-state index is -0.746. The molecule has 0 saturated carbocycles. The number of hydrogen-bond acceptors (Lipinski definition) is 5. The van der Waals surface area contributed by atoms with E-state index in [4.69, 9.17) is 11.6 Å². The van der Waals surface area contributed by atoms with E-state index in [1.54, 1.807) is 12.1 Å². The minimum absolute atomic E-state index is 0.0535. The van der Waals surface area contributed by atoms with Crippen LogP contribution in [0.3, 0.4) is 0 Å². The number of amides is 2. The summed E-state index contributed by atoms with van der Waals surface area (Å²) in [6.07, 6.45) is 0. The van der Waals surface area contributed by atoms with Crippen LogP contribution >= 0.6 is 23.4 Å². The van der Waals surface area contributed by atoms with Crippen molar-refractivity contribution in [1.29, 1.82) is 0 Å². The zero-order valence-corrected chi connectivity index (χ0v) is 19.5. The molecule has 0 aliphatic rings. The average Bonchev–Trinajstić information content (AvgIpc) is 3.26. The van der Waals surface area contributed by atoms with Gasteiger partial charge in [0.05, 0.1) is 11.3 Å². The summed E-state index contributed by atoms with van der Waals surface area (Å²) >= 11 is 7.18. The number of benzene rings is 3. The molecule has 4 rings (SSSR count). The Bertz CT molecular complexity index is 1340. The van der Waals surface area contributed by atoms with Gasteiger partial charge in [-0.15, -0.1) is 10.2 Å². The summed E-state index contributed by atoms with van der Waals surface area (Å²) in [5.74, 6) is -1.36. The molecule has 0 aliphatic heterocycles. The van der Waals surface area contributed by atoms with Crippen molar-refractivity contribution in [2.45, 2.75) is 12.1 Å². The lowest BCUT2D eigenvalue weighted by Crippen LogP contribution is -2.42. The maximum Gasteiger partial charge on any atom is 0.272 e. The van der Waals surface area contributed by atoms with Gasteiger partial charge in [0.25, 0.3) is 5.91 Å². The zero-order valence-electron chi connectivity index (χ0n) is 18.0. The predicted molar refractivity (Wildman–Crippen MR) is 129 cm³/mol. The van der Waals surface area contributed by atoms with Crippen LogP contribution in [-0.4, -0.2) is 32.3 Å². The summed E-state index contributed by atoms with van der Waals surface area (Å²) in [5, 5.41) is 9.70. The third-order valence-electron chi connectivity index (χ3n) is 4.76. The fraction of sp³-hybridized carbons (Fsp3) is 0.0833. The summed E-state index contributed by atoms with van der Waals surface area (Å²) in [6, 6.07) is 20.6. The third-order valence-corrected chi connectivity index (χ3v) is 5.94. The van der Waals surface area contributed by atoms with Crippen molar-refractivity contribution in [1.82, 2.24) is 25.6 Å². The molecule has 0 unspecified atom stereocenters. The molecule has 0 fully saturated rings. The van der Waals surface area contributed by atoms with Crippen LogP contribution in [0.1, 0.15) is 15.9 Å². The van der Waals surface area contributed by atoms with Gasteiger partial charge in [0.15, 0.2) is 11.0 Å². The van der Waals surface area contributed by atoms with Crippen molar-refractivity contribution in [2.24, 2.45) is 0 Å². The van der Waals surface area contributed by atoms with Gasteiger partial charge in [-0.3, -0.25) is 25.0 Å². The Balaban J connectivity index is 1.50. The van der Waals surface area contributed by atoms with Crippen LogP contribution in [0.5, 0.6) is 0 Å². The largest absolute Gasteiger partial charge is 0.272 e. The first-order valence-corrected chi connectivity index (χ1v) is 11.5. The van der Waals surface area contributed by atoms with E-state index in [0.29, 0.717) is 16.0 Å². The molecule has 4 aromatic rings. The lowest BCUT2D eigenvalue weighted by atomic mass is 10.2. The van der Waals surface area contributed by atoms with Crippen molar-refractivity contribution in [3.05, 3.63) is 94.8 Å². The molecule has 1 heterocycles. The van der Waals surface area contributed by atoms with Gasteiger partial charge in [-0.25, -0.2) is 4.39 Å². The number of nitrogens with one attached hydrogen (secondary N) is 2. The number of thioether (sulfide) groups is 1. The maximum atomic E-state index is 13.7. The molecule has 0 bridgehead atoms. The topological polar surface area (TPSA) is 88.9 Å². The molecule has 7 nitrogen and oxygen atoms in total. The van der Waals surface area contributed by atoms with Crippen LogP contribution < -0.4 is 10.9 Å². The number of hydrazine groups is 1. The van der Waals surface area contributed by atoms with E-state index in [2.05, 4.69) is 21.0 Å². The highest BCUT2D eigenvalue weighted by Crippen LogP contribution is 2.29. The van der Waals surface area contributed by atoms with Gasteiger partial charge in [0, 0.05) is 16.3 Å². The third kappa shape index (κ3) is 5.44. The molecule has 172 valence electrons. The van der Waals surface area contributed by atoms with E-state index in [0.717, 1.165) is 28.6 Å². The quantitative estimate of drug-likeness (QED) is 0.302. The number of carbonyl (C=O) groups is 2. The van der Waals surface area contributed by atoms with Gasteiger partial charge in [-0.2, -0.15) is 0 Å². The number of rotatable bonds is 6. The predicted octanol–water partition coefficient (Wildman–Crippen LogP) is 4.59. The van der Waals surface area contributed by atoms with Crippen LogP contribution in [-0.2, 0) is 4.79 Å². The molecule has 0 radical (unpaired) electrons. The standard InChI is InChI=1S/C24H19ClFN5O2S/c1-15-5-4-6-18(13-15)31-22(16-9-11-17(25)12-10-16)28-30-24(31)34-14-21(32)27-29-23(33)19-7-2-3-8-20(19)26/h2-13H,14H2,1H3,(H,27,32)(H,29,33). The van der Waals surface area contributed by atoms with E-state index in [1.165, 1.54) is 24.3 Å². The first kappa shape index (κ1) is 23.5. The number of hydrogen-bond donors (Lipinski definition) is 2. The van der Waals surface area contributed by atoms with Crippen molar-refractivity contribution in [3.8, 4) is 17.1 Å². The first-order chi connectivity index (χ1) is 16.4. The molecule has 0 aliphatic carbocycles.